The zero-order chi connectivity index (χ0) is 11.4. The molecule has 0 aromatic rings. The van der Waals surface area contributed by atoms with Gasteiger partial charge in [-0.25, -0.2) is 0 Å². The van der Waals surface area contributed by atoms with Crippen LogP contribution < -0.4 is 0 Å². The van der Waals surface area contributed by atoms with Crippen LogP contribution in [0.1, 0.15) is 47.0 Å². The van der Waals surface area contributed by atoms with Crippen molar-refractivity contribution in [3.05, 3.63) is 0 Å². The van der Waals surface area contributed by atoms with Crippen molar-refractivity contribution in [3.63, 3.8) is 0 Å². The topological polar surface area (TPSA) is 33.0 Å². The molecular formula is C13H23NO. The number of ether oxygens (including phenoxy) is 1. The van der Waals surface area contributed by atoms with Crippen LogP contribution in [-0.4, -0.2) is 12.2 Å². The molecule has 1 aliphatic rings. The van der Waals surface area contributed by atoms with E-state index in [9.17, 15) is 0 Å². The van der Waals surface area contributed by atoms with Crippen LogP contribution in [0.4, 0.5) is 0 Å². The monoisotopic (exact) mass is 209 g/mol. The summed E-state index contributed by atoms with van der Waals surface area (Å²) in [6.45, 7) is 8.64. The second-order valence-electron chi connectivity index (χ2n) is 5.27. The lowest BCUT2D eigenvalue weighted by molar-refractivity contribution is -0.0554. The SMILES string of the molecule is CC1CCC(C(C)C)C(OC(C)C#N)C1. The van der Waals surface area contributed by atoms with Crippen molar-refractivity contribution in [2.24, 2.45) is 17.8 Å². The molecule has 0 spiro atoms. The Labute approximate surface area is 93.6 Å². The maximum Gasteiger partial charge on any atom is 0.141 e. The number of nitrogens with zero attached hydrogens (tertiary/aromatic N) is 1. The van der Waals surface area contributed by atoms with Gasteiger partial charge >= 0.3 is 0 Å². The summed E-state index contributed by atoms with van der Waals surface area (Å²) in [6, 6.07) is 2.16. The van der Waals surface area contributed by atoms with Gasteiger partial charge in [-0.3, -0.25) is 0 Å². The van der Waals surface area contributed by atoms with Crippen LogP contribution in [0, 0.1) is 29.1 Å². The highest BCUT2D eigenvalue weighted by Crippen LogP contribution is 2.35. The van der Waals surface area contributed by atoms with Gasteiger partial charge in [0.2, 0.25) is 0 Å². The van der Waals surface area contributed by atoms with Crippen molar-refractivity contribution in [2.75, 3.05) is 0 Å². The van der Waals surface area contributed by atoms with E-state index < -0.39 is 0 Å². The first-order chi connectivity index (χ1) is 7.04. The Balaban J connectivity index is 2.58. The van der Waals surface area contributed by atoms with E-state index in [0.29, 0.717) is 17.9 Å². The van der Waals surface area contributed by atoms with Gasteiger partial charge in [-0.1, -0.05) is 27.2 Å². The number of hydrogen-bond acceptors (Lipinski definition) is 2. The van der Waals surface area contributed by atoms with Gasteiger partial charge in [0.05, 0.1) is 12.2 Å². The van der Waals surface area contributed by atoms with E-state index in [2.05, 4.69) is 26.8 Å². The summed E-state index contributed by atoms with van der Waals surface area (Å²) >= 11 is 0. The van der Waals surface area contributed by atoms with Crippen LogP contribution in [0.15, 0.2) is 0 Å². The molecule has 86 valence electrons. The van der Waals surface area contributed by atoms with Gasteiger partial charge in [0.25, 0.3) is 0 Å². The van der Waals surface area contributed by atoms with E-state index in [1.807, 2.05) is 6.92 Å². The molecular weight excluding hydrogens is 186 g/mol. The largest absolute Gasteiger partial charge is 0.360 e. The minimum absolute atomic E-state index is 0.262. The van der Waals surface area contributed by atoms with Crippen LogP contribution in [0.25, 0.3) is 0 Å². The van der Waals surface area contributed by atoms with Crippen molar-refractivity contribution < 1.29 is 4.74 Å². The molecule has 0 aromatic carbocycles. The smallest absolute Gasteiger partial charge is 0.141 e. The Morgan fingerprint density at radius 3 is 2.47 bits per heavy atom. The predicted octanol–water partition coefficient (Wildman–Crippen LogP) is 3.38. The van der Waals surface area contributed by atoms with Gasteiger partial charge in [0, 0.05) is 0 Å². The van der Waals surface area contributed by atoms with E-state index in [0.717, 1.165) is 12.3 Å². The molecule has 0 aliphatic heterocycles. The van der Waals surface area contributed by atoms with E-state index in [-0.39, 0.29) is 6.10 Å². The Bertz CT molecular complexity index is 231. The minimum Gasteiger partial charge on any atom is -0.360 e. The highest BCUT2D eigenvalue weighted by atomic mass is 16.5. The first-order valence-electron chi connectivity index (χ1n) is 6.09. The molecule has 2 nitrogen and oxygen atoms in total. The number of hydrogen-bond donors (Lipinski definition) is 0. The average molecular weight is 209 g/mol. The molecule has 4 atom stereocenters. The Kier molecular flexibility index (Phi) is 4.60. The quantitative estimate of drug-likeness (QED) is 0.714. The third-order valence-corrected chi connectivity index (χ3v) is 3.52. The molecule has 15 heavy (non-hydrogen) atoms. The number of nitriles is 1. The fraction of sp³-hybridized carbons (Fsp3) is 0.923. The number of rotatable bonds is 3. The van der Waals surface area contributed by atoms with Gasteiger partial charge < -0.3 is 4.74 Å². The van der Waals surface area contributed by atoms with Crippen LogP contribution in [0.2, 0.25) is 0 Å². The fourth-order valence-electron chi connectivity index (χ4n) is 2.56. The molecule has 1 rings (SSSR count). The van der Waals surface area contributed by atoms with Gasteiger partial charge in [0.1, 0.15) is 6.10 Å². The summed E-state index contributed by atoms with van der Waals surface area (Å²) in [6.07, 6.45) is 3.71. The van der Waals surface area contributed by atoms with Crippen LogP contribution >= 0.6 is 0 Å². The lowest BCUT2D eigenvalue weighted by atomic mass is 9.75. The zero-order valence-electron chi connectivity index (χ0n) is 10.4. The predicted molar refractivity (Wildman–Crippen MR) is 61.3 cm³/mol. The maximum absolute atomic E-state index is 8.78. The highest BCUT2D eigenvalue weighted by Gasteiger charge is 2.32. The second-order valence-corrected chi connectivity index (χ2v) is 5.27. The van der Waals surface area contributed by atoms with Gasteiger partial charge in [0.15, 0.2) is 0 Å². The molecule has 0 heterocycles. The van der Waals surface area contributed by atoms with Crippen molar-refractivity contribution in [2.45, 2.75) is 59.2 Å². The molecule has 0 amide bonds. The highest BCUT2D eigenvalue weighted by molar-refractivity contribution is 4.86. The van der Waals surface area contributed by atoms with Gasteiger partial charge in [-0.15, -0.1) is 0 Å². The van der Waals surface area contributed by atoms with E-state index >= 15 is 0 Å². The van der Waals surface area contributed by atoms with Crippen LogP contribution in [-0.2, 0) is 4.74 Å². The average Bonchev–Trinajstić information content (AvgIpc) is 2.17. The molecule has 4 unspecified atom stereocenters. The summed E-state index contributed by atoms with van der Waals surface area (Å²) in [7, 11) is 0. The minimum atomic E-state index is -0.262. The zero-order valence-corrected chi connectivity index (χ0v) is 10.4. The fourth-order valence-corrected chi connectivity index (χ4v) is 2.56. The molecule has 0 N–H and O–H groups in total. The second kappa shape index (κ2) is 5.51. The molecule has 0 aromatic heterocycles. The van der Waals surface area contributed by atoms with Crippen LogP contribution in [0.5, 0.6) is 0 Å². The summed E-state index contributed by atoms with van der Waals surface area (Å²) < 4.78 is 5.82. The summed E-state index contributed by atoms with van der Waals surface area (Å²) in [5, 5.41) is 8.78. The Morgan fingerprint density at radius 1 is 1.27 bits per heavy atom. The van der Waals surface area contributed by atoms with Crippen molar-refractivity contribution in [1.29, 1.82) is 5.26 Å². The summed E-state index contributed by atoms with van der Waals surface area (Å²) in [4.78, 5) is 0. The Hall–Kier alpha value is -0.550. The summed E-state index contributed by atoms with van der Waals surface area (Å²) in [5.74, 6) is 2.04. The third kappa shape index (κ3) is 3.50. The Morgan fingerprint density at radius 2 is 1.93 bits per heavy atom. The molecule has 1 fully saturated rings. The maximum atomic E-state index is 8.78. The van der Waals surface area contributed by atoms with E-state index in [4.69, 9.17) is 10.00 Å². The van der Waals surface area contributed by atoms with Crippen LogP contribution in [0.3, 0.4) is 0 Å². The molecule has 1 saturated carbocycles. The normalized spacial score (nSPS) is 33.7. The van der Waals surface area contributed by atoms with Crippen molar-refractivity contribution in [1.82, 2.24) is 0 Å². The lowest BCUT2D eigenvalue weighted by Gasteiger charge is -2.37. The lowest BCUT2D eigenvalue weighted by Crippen LogP contribution is -2.36. The van der Waals surface area contributed by atoms with E-state index in [1.54, 1.807) is 0 Å². The first-order valence-corrected chi connectivity index (χ1v) is 6.09. The molecule has 0 radical (unpaired) electrons. The van der Waals surface area contributed by atoms with E-state index in [1.165, 1.54) is 12.8 Å². The first kappa shape index (κ1) is 12.5. The molecule has 0 bridgehead atoms. The third-order valence-electron chi connectivity index (χ3n) is 3.52. The van der Waals surface area contributed by atoms with Crippen molar-refractivity contribution in [3.8, 4) is 6.07 Å². The molecule has 1 aliphatic carbocycles. The van der Waals surface area contributed by atoms with Gasteiger partial charge in [-0.05, 0) is 37.5 Å². The summed E-state index contributed by atoms with van der Waals surface area (Å²) in [5.41, 5.74) is 0. The standard InChI is InChI=1S/C13H23NO/c1-9(2)12-6-5-10(3)7-13(12)15-11(4)8-14/h9-13H,5-7H2,1-4H3. The molecule has 2 heteroatoms. The molecule has 0 saturated heterocycles. The van der Waals surface area contributed by atoms with Gasteiger partial charge in [-0.2, -0.15) is 5.26 Å². The van der Waals surface area contributed by atoms with Crippen molar-refractivity contribution >= 4 is 0 Å².